The summed E-state index contributed by atoms with van der Waals surface area (Å²) in [7, 11) is 1.47. The predicted molar refractivity (Wildman–Crippen MR) is 63.7 cm³/mol. The maximum atomic E-state index is 13.5. The summed E-state index contributed by atoms with van der Waals surface area (Å²) in [4.78, 5) is 7.99. The van der Waals surface area contributed by atoms with Crippen LogP contribution in [0.25, 0.3) is 11.3 Å². The average molecular weight is 253 g/mol. The lowest BCUT2D eigenvalue weighted by Crippen LogP contribution is -1.94. The molecule has 0 N–H and O–H groups in total. The molecule has 0 spiro atoms. The summed E-state index contributed by atoms with van der Waals surface area (Å²) in [6, 6.07) is 4.80. The van der Waals surface area contributed by atoms with Gasteiger partial charge in [-0.1, -0.05) is 11.6 Å². The van der Waals surface area contributed by atoms with Gasteiger partial charge >= 0.3 is 6.01 Å². The highest BCUT2D eigenvalue weighted by atomic mass is 35.5. The third-order valence-electron chi connectivity index (χ3n) is 2.34. The molecule has 1 aromatic carbocycles. The second-order valence-corrected chi connectivity index (χ2v) is 3.92. The molecule has 0 fully saturated rings. The van der Waals surface area contributed by atoms with Gasteiger partial charge in [-0.25, -0.2) is 9.37 Å². The van der Waals surface area contributed by atoms with Crippen molar-refractivity contribution in [2.45, 2.75) is 6.92 Å². The number of aryl methyl sites for hydroxylation is 1. The molecule has 0 atom stereocenters. The third-order valence-corrected chi connectivity index (χ3v) is 2.65. The molecule has 0 saturated carbocycles. The van der Waals surface area contributed by atoms with E-state index in [1.165, 1.54) is 19.4 Å². The second kappa shape index (κ2) is 4.67. The fraction of sp³-hybridized carbons (Fsp3) is 0.167. The third kappa shape index (κ3) is 2.36. The van der Waals surface area contributed by atoms with Gasteiger partial charge in [-0.15, -0.1) is 0 Å². The number of nitrogens with zero attached hydrogens (tertiary/aromatic N) is 2. The van der Waals surface area contributed by atoms with Gasteiger partial charge in [-0.2, -0.15) is 4.98 Å². The zero-order chi connectivity index (χ0) is 12.4. The van der Waals surface area contributed by atoms with Crippen molar-refractivity contribution >= 4 is 11.6 Å². The van der Waals surface area contributed by atoms with Crippen molar-refractivity contribution in [3.8, 4) is 17.3 Å². The van der Waals surface area contributed by atoms with E-state index < -0.39 is 0 Å². The van der Waals surface area contributed by atoms with Crippen LogP contribution in [0.1, 0.15) is 5.56 Å². The summed E-state index contributed by atoms with van der Waals surface area (Å²) in [5.41, 5.74) is 1.55. The number of hydrogen-bond acceptors (Lipinski definition) is 3. The summed E-state index contributed by atoms with van der Waals surface area (Å²) in [6.45, 7) is 1.66. The first-order valence-corrected chi connectivity index (χ1v) is 5.32. The number of rotatable bonds is 2. The molecule has 1 aromatic heterocycles. The van der Waals surface area contributed by atoms with Gasteiger partial charge in [0.25, 0.3) is 0 Å². The van der Waals surface area contributed by atoms with Crippen LogP contribution in [-0.2, 0) is 0 Å². The molecule has 0 aliphatic heterocycles. The van der Waals surface area contributed by atoms with Crippen molar-refractivity contribution in [3.05, 3.63) is 40.8 Å². The van der Waals surface area contributed by atoms with E-state index in [4.69, 9.17) is 16.3 Å². The van der Waals surface area contributed by atoms with Gasteiger partial charge in [-0.05, 0) is 30.7 Å². The predicted octanol–water partition coefficient (Wildman–Crippen LogP) is 3.25. The van der Waals surface area contributed by atoms with Crippen LogP contribution in [0, 0.1) is 12.7 Å². The molecule has 0 aliphatic rings. The Labute approximate surface area is 103 Å². The van der Waals surface area contributed by atoms with E-state index in [2.05, 4.69) is 9.97 Å². The molecular weight excluding hydrogens is 243 g/mol. The Morgan fingerprint density at radius 2 is 2.12 bits per heavy atom. The molecule has 0 bridgehead atoms. The maximum absolute atomic E-state index is 13.5. The highest BCUT2D eigenvalue weighted by Crippen LogP contribution is 2.29. The van der Waals surface area contributed by atoms with Crippen molar-refractivity contribution in [2.24, 2.45) is 0 Å². The zero-order valence-corrected chi connectivity index (χ0v) is 10.1. The van der Waals surface area contributed by atoms with Gasteiger partial charge in [0.2, 0.25) is 0 Å². The van der Waals surface area contributed by atoms with Gasteiger partial charge < -0.3 is 4.74 Å². The van der Waals surface area contributed by atoms with E-state index in [0.29, 0.717) is 21.8 Å². The van der Waals surface area contributed by atoms with Crippen LogP contribution in [0.2, 0.25) is 5.02 Å². The highest BCUT2D eigenvalue weighted by molar-refractivity contribution is 6.33. The van der Waals surface area contributed by atoms with Crippen LogP contribution in [0.3, 0.4) is 0 Å². The van der Waals surface area contributed by atoms with E-state index >= 15 is 0 Å². The minimum absolute atomic E-state index is 0.222. The number of halogens is 2. The van der Waals surface area contributed by atoms with Crippen LogP contribution < -0.4 is 4.74 Å². The molecule has 17 heavy (non-hydrogen) atoms. The lowest BCUT2D eigenvalue weighted by molar-refractivity contribution is 0.380. The Bertz CT molecular complexity index is 560. The van der Waals surface area contributed by atoms with Crippen LogP contribution in [0.15, 0.2) is 24.4 Å². The van der Waals surface area contributed by atoms with Crippen molar-refractivity contribution in [3.63, 3.8) is 0 Å². The molecule has 0 aliphatic carbocycles. The highest BCUT2D eigenvalue weighted by Gasteiger charge is 2.10. The van der Waals surface area contributed by atoms with Crippen LogP contribution in [-0.4, -0.2) is 17.1 Å². The molecule has 2 aromatic rings. The normalized spacial score (nSPS) is 10.4. The molecule has 1 heterocycles. The monoisotopic (exact) mass is 252 g/mol. The van der Waals surface area contributed by atoms with Gasteiger partial charge in [0.05, 0.1) is 17.8 Å². The second-order valence-electron chi connectivity index (χ2n) is 3.51. The first kappa shape index (κ1) is 11.8. The van der Waals surface area contributed by atoms with E-state index in [0.717, 1.165) is 0 Å². The molecule has 0 amide bonds. The van der Waals surface area contributed by atoms with Gasteiger partial charge in [0, 0.05) is 11.8 Å². The standard InChI is InChI=1S/C12H10ClFN2O/c1-7-5-9(13)8(6-10(7)14)11-3-4-15-12(16-11)17-2/h3-6H,1-2H3. The molecule has 0 radical (unpaired) electrons. The van der Waals surface area contributed by atoms with E-state index in [1.54, 1.807) is 19.1 Å². The molecule has 3 nitrogen and oxygen atoms in total. The zero-order valence-electron chi connectivity index (χ0n) is 9.37. The summed E-state index contributed by atoms with van der Waals surface area (Å²) >= 11 is 6.06. The quantitative estimate of drug-likeness (QED) is 0.823. The smallest absolute Gasteiger partial charge is 0.316 e. The number of methoxy groups -OCH3 is 1. The van der Waals surface area contributed by atoms with Crippen LogP contribution >= 0.6 is 11.6 Å². The summed E-state index contributed by atoms with van der Waals surface area (Å²) in [5.74, 6) is -0.318. The molecule has 0 unspecified atom stereocenters. The Balaban J connectivity index is 2.56. The van der Waals surface area contributed by atoms with Crippen LogP contribution in [0.4, 0.5) is 4.39 Å². The number of benzene rings is 1. The SMILES string of the molecule is COc1nccc(-c2cc(F)c(C)cc2Cl)n1. The number of ether oxygens (including phenoxy) is 1. The molecule has 5 heteroatoms. The van der Waals surface area contributed by atoms with Gasteiger partial charge in [0.1, 0.15) is 5.82 Å². The van der Waals surface area contributed by atoms with E-state index in [1.807, 2.05) is 0 Å². The van der Waals surface area contributed by atoms with Gasteiger partial charge in [-0.3, -0.25) is 0 Å². The number of hydrogen-bond donors (Lipinski definition) is 0. The minimum atomic E-state index is -0.318. The average Bonchev–Trinajstić information content (AvgIpc) is 2.34. The lowest BCUT2D eigenvalue weighted by atomic mass is 10.1. The molecule has 0 saturated heterocycles. The number of aromatic nitrogens is 2. The topological polar surface area (TPSA) is 35.0 Å². The Morgan fingerprint density at radius 3 is 2.82 bits per heavy atom. The minimum Gasteiger partial charge on any atom is -0.467 e. The fourth-order valence-electron chi connectivity index (χ4n) is 1.43. The Kier molecular flexibility index (Phi) is 3.24. The molecular formula is C12H10ClFN2O. The summed E-state index contributed by atoms with van der Waals surface area (Å²) in [6.07, 6.45) is 1.54. The maximum Gasteiger partial charge on any atom is 0.316 e. The first-order valence-electron chi connectivity index (χ1n) is 4.95. The van der Waals surface area contributed by atoms with Gasteiger partial charge in [0.15, 0.2) is 0 Å². The Morgan fingerprint density at radius 1 is 1.35 bits per heavy atom. The van der Waals surface area contributed by atoms with Crippen molar-refractivity contribution in [1.29, 1.82) is 0 Å². The van der Waals surface area contributed by atoms with E-state index in [-0.39, 0.29) is 11.8 Å². The molecule has 2 rings (SSSR count). The largest absolute Gasteiger partial charge is 0.467 e. The van der Waals surface area contributed by atoms with Crippen LogP contribution in [0.5, 0.6) is 6.01 Å². The first-order chi connectivity index (χ1) is 8.11. The molecule has 88 valence electrons. The lowest BCUT2D eigenvalue weighted by Gasteiger charge is -2.06. The summed E-state index contributed by atoms with van der Waals surface area (Å²) in [5, 5.41) is 0.449. The summed E-state index contributed by atoms with van der Waals surface area (Å²) < 4.78 is 18.4. The Hall–Kier alpha value is -1.68. The van der Waals surface area contributed by atoms with Crippen molar-refractivity contribution in [2.75, 3.05) is 7.11 Å². The van der Waals surface area contributed by atoms with Crippen molar-refractivity contribution < 1.29 is 9.13 Å². The fourth-order valence-corrected chi connectivity index (χ4v) is 1.75. The van der Waals surface area contributed by atoms with E-state index in [9.17, 15) is 4.39 Å². The van der Waals surface area contributed by atoms with Crippen molar-refractivity contribution in [1.82, 2.24) is 9.97 Å².